The fraction of sp³-hybridized carbons (Fsp3) is 0.368. The van der Waals surface area contributed by atoms with Crippen molar-refractivity contribution in [1.82, 2.24) is 0 Å². The van der Waals surface area contributed by atoms with E-state index in [1.165, 1.54) is 18.2 Å². The number of carbonyl (C=O) groups is 2. The second kappa shape index (κ2) is 5.55. The van der Waals surface area contributed by atoms with Gasteiger partial charge in [0.2, 0.25) is 0 Å². The van der Waals surface area contributed by atoms with Crippen molar-refractivity contribution in [3.05, 3.63) is 40.8 Å². The Bertz CT molecular complexity index is 977. The van der Waals surface area contributed by atoms with Gasteiger partial charge in [0, 0.05) is 30.2 Å². The zero-order chi connectivity index (χ0) is 19.6. The zero-order valence-electron chi connectivity index (χ0n) is 14.9. The highest BCUT2D eigenvalue weighted by Crippen LogP contribution is 2.42. The Morgan fingerprint density at radius 3 is 2.59 bits per heavy atom. The highest BCUT2D eigenvalue weighted by Gasteiger charge is 2.43. The Hall–Kier alpha value is -2.90. The van der Waals surface area contributed by atoms with Crippen LogP contribution in [0.15, 0.2) is 22.6 Å². The molecule has 0 saturated carbocycles. The van der Waals surface area contributed by atoms with Crippen molar-refractivity contribution in [2.24, 2.45) is 5.41 Å². The van der Waals surface area contributed by atoms with Gasteiger partial charge in [0.25, 0.3) is 5.91 Å². The summed E-state index contributed by atoms with van der Waals surface area (Å²) in [6.45, 7) is 5.59. The summed E-state index contributed by atoms with van der Waals surface area (Å²) in [4.78, 5) is 25.0. The average molecular weight is 377 g/mol. The maximum Gasteiger partial charge on any atom is 0.586 e. The molecule has 2 heterocycles. The van der Waals surface area contributed by atoms with Crippen molar-refractivity contribution in [3.63, 3.8) is 0 Å². The third-order valence-corrected chi connectivity index (χ3v) is 4.64. The lowest BCUT2D eigenvalue weighted by atomic mass is 9.76. The van der Waals surface area contributed by atoms with E-state index in [-0.39, 0.29) is 34.1 Å². The van der Waals surface area contributed by atoms with Gasteiger partial charge in [-0.2, -0.15) is 0 Å². The monoisotopic (exact) mass is 377 g/mol. The number of benzene rings is 1. The smallest absolute Gasteiger partial charge is 0.455 e. The molecule has 1 aliphatic heterocycles. The number of alkyl halides is 2. The van der Waals surface area contributed by atoms with Crippen LogP contribution in [0.2, 0.25) is 0 Å². The van der Waals surface area contributed by atoms with Crippen LogP contribution < -0.4 is 14.8 Å². The van der Waals surface area contributed by atoms with Crippen LogP contribution >= 0.6 is 0 Å². The van der Waals surface area contributed by atoms with Crippen LogP contribution in [0.5, 0.6) is 11.5 Å². The molecule has 1 aliphatic carbocycles. The number of ether oxygens (including phenoxy) is 2. The number of ketones is 1. The van der Waals surface area contributed by atoms with Crippen LogP contribution in [0.1, 0.15) is 52.5 Å². The number of furan rings is 1. The fourth-order valence-corrected chi connectivity index (χ4v) is 3.51. The third kappa shape index (κ3) is 3.05. The van der Waals surface area contributed by atoms with Gasteiger partial charge in [-0.1, -0.05) is 13.8 Å². The molecule has 0 radical (unpaired) electrons. The first-order valence-corrected chi connectivity index (χ1v) is 8.41. The summed E-state index contributed by atoms with van der Waals surface area (Å²) in [5, 5.41) is 2.58. The quantitative estimate of drug-likeness (QED) is 0.844. The van der Waals surface area contributed by atoms with E-state index >= 15 is 0 Å². The molecule has 1 aromatic carbocycles. The highest BCUT2D eigenvalue weighted by molar-refractivity contribution is 6.07. The van der Waals surface area contributed by atoms with Crippen LogP contribution in [0.3, 0.4) is 0 Å². The maximum absolute atomic E-state index is 13.1. The van der Waals surface area contributed by atoms with E-state index in [1.807, 2.05) is 13.8 Å². The number of carbonyl (C=O) groups excluding carboxylic acids is 2. The second-order valence-corrected chi connectivity index (χ2v) is 7.58. The molecule has 0 atom stereocenters. The number of Topliss-reactive ketones (excluding diaryl/α,β-unsaturated/α-hetero) is 1. The van der Waals surface area contributed by atoms with Gasteiger partial charge in [-0.05, 0) is 24.5 Å². The molecule has 2 aliphatic rings. The van der Waals surface area contributed by atoms with Crippen LogP contribution in [0.4, 0.5) is 14.5 Å². The lowest BCUT2D eigenvalue weighted by Crippen LogP contribution is -2.26. The number of rotatable bonds is 2. The van der Waals surface area contributed by atoms with Gasteiger partial charge in [-0.15, -0.1) is 8.78 Å². The number of fused-ring (bicyclic) bond motifs is 2. The van der Waals surface area contributed by atoms with Crippen LogP contribution in [0, 0.1) is 12.3 Å². The van der Waals surface area contributed by atoms with Gasteiger partial charge in [-0.25, -0.2) is 0 Å². The first kappa shape index (κ1) is 17.5. The lowest BCUT2D eigenvalue weighted by Gasteiger charge is -2.27. The van der Waals surface area contributed by atoms with E-state index in [0.29, 0.717) is 29.7 Å². The normalized spacial score (nSPS) is 18.9. The predicted octanol–water partition coefficient (Wildman–Crippen LogP) is 4.32. The van der Waals surface area contributed by atoms with Crippen molar-refractivity contribution in [2.75, 3.05) is 5.32 Å². The number of halogens is 2. The summed E-state index contributed by atoms with van der Waals surface area (Å²) >= 11 is 0. The zero-order valence-corrected chi connectivity index (χ0v) is 14.9. The maximum atomic E-state index is 13.1. The van der Waals surface area contributed by atoms with Gasteiger partial charge >= 0.3 is 6.29 Å². The molecular formula is C19H17F2NO5. The van der Waals surface area contributed by atoms with E-state index < -0.39 is 12.2 Å². The minimum absolute atomic E-state index is 0.0362. The van der Waals surface area contributed by atoms with Crippen LogP contribution in [0.25, 0.3) is 0 Å². The Balaban J connectivity index is 1.60. The molecule has 1 aromatic heterocycles. The Morgan fingerprint density at radius 2 is 1.85 bits per heavy atom. The molecule has 8 heteroatoms. The molecular weight excluding hydrogens is 360 g/mol. The molecule has 1 N–H and O–H groups in total. The number of anilines is 1. The van der Waals surface area contributed by atoms with Crippen molar-refractivity contribution in [3.8, 4) is 11.5 Å². The number of amides is 1. The molecule has 0 spiro atoms. The molecule has 1 amide bonds. The minimum Gasteiger partial charge on any atom is -0.455 e. The standard InChI is InChI=1S/C19H17F2NO5/c1-9-15-11(23)7-18(2,3)8-14(15)25-16(9)17(24)22-10-4-5-12-13(6-10)27-19(20,21)26-12/h4-6H,7-8H2,1-3H3,(H,22,24). The topological polar surface area (TPSA) is 77.8 Å². The summed E-state index contributed by atoms with van der Waals surface area (Å²) in [5.74, 6) is -0.371. The first-order valence-electron chi connectivity index (χ1n) is 8.41. The molecule has 142 valence electrons. The SMILES string of the molecule is Cc1c(C(=O)Nc2ccc3c(c2)OC(F)(F)O3)oc2c1C(=O)CC(C)(C)C2. The number of hydrogen-bond donors (Lipinski definition) is 1. The Morgan fingerprint density at radius 1 is 1.15 bits per heavy atom. The van der Waals surface area contributed by atoms with Crippen molar-refractivity contribution >= 4 is 17.4 Å². The summed E-state index contributed by atoms with van der Waals surface area (Å²) in [6.07, 6.45) is -2.78. The Labute approximate surface area is 153 Å². The van der Waals surface area contributed by atoms with E-state index in [4.69, 9.17) is 4.42 Å². The van der Waals surface area contributed by atoms with Gasteiger partial charge < -0.3 is 19.2 Å². The third-order valence-electron chi connectivity index (χ3n) is 4.64. The summed E-state index contributed by atoms with van der Waals surface area (Å²) in [7, 11) is 0. The van der Waals surface area contributed by atoms with E-state index in [2.05, 4.69) is 14.8 Å². The second-order valence-electron chi connectivity index (χ2n) is 7.58. The Kier molecular flexibility index (Phi) is 3.60. The summed E-state index contributed by atoms with van der Waals surface area (Å²) in [5.41, 5.74) is 0.950. The van der Waals surface area contributed by atoms with Crippen molar-refractivity contribution in [1.29, 1.82) is 0 Å². The molecule has 27 heavy (non-hydrogen) atoms. The molecule has 0 unspecified atom stereocenters. The lowest BCUT2D eigenvalue weighted by molar-refractivity contribution is -0.286. The average Bonchev–Trinajstić information content (AvgIpc) is 3.00. The number of nitrogens with one attached hydrogen (secondary N) is 1. The fourth-order valence-electron chi connectivity index (χ4n) is 3.51. The predicted molar refractivity (Wildman–Crippen MR) is 90.5 cm³/mol. The van der Waals surface area contributed by atoms with Gasteiger partial charge in [-0.3, -0.25) is 9.59 Å². The molecule has 0 fully saturated rings. The minimum atomic E-state index is -3.73. The molecule has 6 nitrogen and oxygen atoms in total. The highest BCUT2D eigenvalue weighted by atomic mass is 19.3. The van der Waals surface area contributed by atoms with E-state index in [9.17, 15) is 18.4 Å². The first-order chi connectivity index (χ1) is 12.5. The van der Waals surface area contributed by atoms with E-state index in [0.717, 1.165) is 0 Å². The van der Waals surface area contributed by atoms with Gasteiger partial charge in [0.15, 0.2) is 23.0 Å². The number of hydrogen-bond acceptors (Lipinski definition) is 5. The van der Waals surface area contributed by atoms with Crippen molar-refractivity contribution in [2.45, 2.75) is 39.9 Å². The van der Waals surface area contributed by atoms with Crippen LogP contribution in [-0.2, 0) is 6.42 Å². The van der Waals surface area contributed by atoms with E-state index in [1.54, 1.807) is 6.92 Å². The summed E-state index contributed by atoms with van der Waals surface area (Å²) < 4.78 is 40.6. The van der Waals surface area contributed by atoms with Crippen molar-refractivity contribution < 1.29 is 32.3 Å². The molecule has 0 bridgehead atoms. The molecule has 2 aromatic rings. The summed E-state index contributed by atoms with van der Waals surface area (Å²) in [6, 6.07) is 3.92. The largest absolute Gasteiger partial charge is 0.586 e. The van der Waals surface area contributed by atoms with Gasteiger partial charge in [0.05, 0.1) is 5.56 Å². The molecule has 4 rings (SSSR count). The van der Waals surface area contributed by atoms with Crippen LogP contribution in [-0.4, -0.2) is 18.0 Å². The van der Waals surface area contributed by atoms with Gasteiger partial charge in [0.1, 0.15) is 5.76 Å². The molecule has 0 saturated heterocycles.